The van der Waals surface area contributed by atoms with Crippen molar-refractivity contribution >= 4 is 5.91 Å². The Morgan fingerprint density at radius 3 is 2.00 bits per heavy atom. The van der Waals surface area contributed by atoms with E-state index in [2.05, 4.69) is 18.3 Å². The van der Waals surface area contributed by atoms with Crippen LogP contribution in [0.5, 0.6) is 5.75 Å². The predicted molar refractivity (Wildman–Crippen MR) is 113 cm³/mol. The molecular formula is C24H36N2O2. The van der Waals surface area contributed by atoms with Crippen molar-refractivity contribution in [3.63, 3.8) is 0 Å². The normalized spacial score (nSPS) is 14.3. The minimum atomic E-state index is -0.624. The number of carbonyl (C=O) groups is 1. The maximum atomic E-state index is 12.1. The van der Waals surface area contributed by atoms with Gasteiger partial charge >= 0.3 is 0 Å². The van der Waals surface area contributed by atoms with Gasteiger partial charge in [0.05, 0.1) is 12.7 Å². The topological polar surface area (TPSA) is 62.1 Å². The summed E-state index contributed by atoms with van der Waals surface area (Å²) in [6.07, 6.45) is 16.1. The Labute approximate surface area is 170 Å². The summed E-state index contributed by atoms with van der Waals surface area (Å²) in [5, 5.41) is 11.9. The van der Waals surface area contributed by atoms with Gasteiger partial charge in [-0.2, -0.15) is 5.26 Å². The number of nitriles is 1. The highest BCUT2D eigenvalue weighted by molar-refractivity contribution is 5.95. The van der Waals surface area contributed by atoms with Gasteiger partial charge in [-0.25, -0.2) is 0 Å². The fourth-order valence-electron chi connectivity index (χ4n) is 3.34. The minimum absolute atomic E-state index is 0.184. The first-order valence-corrected chi connectivity index (χ1v) is 11.2. The number of carbonyl (C=O) groups excluding carboxylic acids is 1. The summed E-state index contributed by atoms with van der Waals surface area (Å²) < 4.78 is 5.77. The maximum Gasteiger partial charge on any atom is 0.252 e. The molecule has 28 heavy (non-hydrogen) atoms. The monoisotopic (exact) mass is 384 g/mol. The van der Waals surface area contributed by atoms with Crippen LogP contribution in [-0.4, -0.2) is 18.1 Å². The molecule has 1 aromatic carbocycles. The van der Waals surface area contributed by atoms with Crippen LogP contribution in [-0.2, 0) is 0 Å². The molecule has 2 rings (SSSR count). The number of hydrogen-bond acceptors (Lipinski definition) is 3. The molecule has 0 bridgehead atoms. The number of hydrogen-bond donors (Lipinski definition) is 1. The highest BCUT2D eigenvalue weighted by atomic mass is 16.5. The van der Waals surface area contributed by atoms with Crippen LogP contribution in [0.15, 0.2) is 24.3 Å². The molecule has 1 fully saturated rings. The Kier molecular flexibility index (Phi) is 9.90. The smallest absolute Gasteiger partial charge is 0.252 e. The van der Waals surface area contributed by atoms with Crippen LogP contribution in [0.1, 0.15) is 101 Å². The van der Waals surface area contributed by atoms with Gasteiger partial charge in [0.25, 0.3) is 5.91 Å². The molecule has 1 aromatic rings. The average molecular weight is 385 g/mol. The van der Waals surface area contributed by atoms with Gasteiger partial charge in [0.15, 0.2) is 0 Å². The lowest BCUT2D eigenvalue weighted by molar-refractivity contribution is 0.0941. The predicted octanol–water partition coefficient (Wildman–Crippen LogP) is 6.16. The second-order valence-electron chi connectivity index (χ2n) is 8.06. The van der Waals surface area contributed by atoms with E-state index in [1.165, 1.54) is 64.2 Å². The highest BCUT2D eigenvalue weighted by Gasteiger charge is 2.44. The summed E-state index contributed by atoms with van der Waals surface area (Å²) in [7, 11) is 0. The third-order valence-electron chi connectivity index (χ3n) is 5.45. The van der Waals surface area contributed by atoms with Gasteiger partial charge in [-0.15, -0.1) is 0 Å². The van der Waals surface area contributed by atoms with E-state index in [-0.39, 0.29) is 5.91 Å². The average Bonchev–Trinajstić information content (AvgIpc) is 3.49. The van der Waals surface area contributed by atoms with E-state index in [4.69, 9.17) is 10.00 Å². The molecule has 1 N–H and O–H groups in total. The van der Waals surface area contributed by atoms with Crippen LogP contribution < -0.4 is 10.1 Å². The van der Waals surface area contributed by atoms with E-state index in [1.807, 2.05) is 12.1 Å². The number of ether oxygens (including phenoxy) is 1. The molecule has 0 unspecified atom stereocenters. The molecule has 0 atom stereocenters. The zero-order chi connectivity index (χ0) is 20.1. The molecule has 154 valence electrons. The quantitative estimate of drug-likeness (QED) is 0.368. The Balaban J connectivity index is 1.48. The molecule has 0 aromatic heterocycles. The van der Waals surface area contributed by atoms with E-state index < -0.39 is 5.54 Å². The first-order chi connectivity index (χ1) is 13.7. The molecule has 0 saturated heterocycles. The van der Waals surface area contributed by atoms with Gasteiger partial charge < -0.3 is 10.1 Å². The summed E-state index contributed by atoms with van der Waals surface area (Å²) in [5.41, 5.74) is -0.0510. The van der Waals surface area contributed by atoms with Crippen LogP contribution in [0, 0.1) is 11.3 Å². The Morgan fingerprint density at radius 1 is 0.964 bits per heavy atom. The van der Waals surface area contributed by atoms with E-state index >= 15 is 0 Å². The van der Waals surface area contributed by atoms with Crippen molar-refractivity contribution in [2.45, 2.75) is 95.9 Å². The van der Waals surface area contributed by atoms with Crippen molar-refractivity contribution in [2.75, 3.05) is 6.61 Å². The third-order valence-corrected chi connectivity index (χ3v) is 5.45. The van der Waals surface area contributed by atoms with Crippen molar-refractivity contribution in [3.8, 4) is 11.8 Å². The van der Waals surface area contributed by atoms with Crippen molar-refractivity contribution in [2.24, 2.45) is 0 Å². The number of unbranched alkanes of at least 4 members (excludes halogenated alkanes) is 10. The number of nitrogens with one attached hydrogen (secondary N) is 1. The Hall–Kier alpha value is -2.02. The van der Waals surface area contributed by atoms with Crippen LogP contribution in [0.2, 0.25) is 0 Å². The van der Waals surface area contributed by atoms with Crippen LogP contribution in [0.25, 0.3) is 0 Å². The van der Waals surface area contributed by atoms with Gasteiger partial charge in [0, 0.05) is 5.56 Å². The second-order valence-corrected chi connectivity index (χ2v) is 8.06. The maximum absolute atomic E-state index is 12.1. The van der Waals surface area contributed by atoms with Gasteiger partial charge in [-0.05, 0) is 43.5 Å². The van der Waals surface area contributed by atoms with Gasteiger partial charge in [0.2, 0.25) is 0 Å². The molecule has 1 saturated carbocycles. The lowest BCUT2D eigenvalue weighted by atomic mass is 10.1. The number of benzene rings is 1. The minimum Gasteiger partial charge on any atom is -0.494 e. The summed E-state index contributed by atoms with van der Waals surface area (Å²) in [6, 6.07) is 9.36. The van der Waals surface area contributed by atoms with Crippen molar-refractivity contribution in [3.05, 3.63) is 29.8 Å². The molecule has 4 heteroatoms. The van der Waals surface area contributed by atoms with Gasteiger partial charge in [-0.3, -0.25) is 4.79 Å². The van der Waals surface area contributed by atoms with Gasteiger partial charge in [-0.1, -0.05) is 71.1 Å². The highest BCUT2D eigenvalue weighted by Crippen LogP contribution is 2.34. The zero-order valence-electron chi connectivity index (χ0n) is 17.5. The number of amides is 1. The Morgan fingerprint density at radius 2 is 1.50 bits per heavy atom. The molecule has 0 aliphatic heterocycles. The summed E-state index contributed by atoms with van der Waals surface area (Å²) in [5.74, 6) is 0.612. The summed E-state index contributed by atoms with van der Waals surface area (Å²) >= 11 is 0. The lowest BCUT2D eigenvalue weighted by Gasteiger charge is -2.10. The molecule has 1 amide bonds. The fourth-order valence-corrected chi connectivity index (χ4v) is 3.34. The van der Waals surface area contributed by atoms with Crippen LogP contribution >= 0.6 is 0 Å². The van der Waals surface area contributed by atoms with E-state index in [0.717, 1.165) is 31.6 Å². The molecule has 0 heterocycles. The van der Waals surface area contributed by atoms with Crippen molar-refractivity contribution < 1.29 is 9.53 Å². The van der Waals surface area contributed by atoms with E-state index in [0.29, 0.717) is 5.56 Å². The molecule has 4 nitrogen and oxygen atoms in total. The first-order valence-electron chi connectivity index (χ1n) is 11.2. The standard InChI is InChI=1S/C24H36N2O2/c1-2-3-4-5-6-7-8-9-10-11-12-19-28-22-15-13-21(14-16-22)23(27)26-24(20-25)17-18-24/h13-16H,2-12,17-19H2,1H3,(H,26,27). The molecule has 1 aliphatic carbocycles. The largest absolute Gasteiger partial charge is 0.494 e. The molecular weight excluding hydrogens is 348 g/mol. The number of rotatable bonds is 15. The van der Waals surface area contributed by atoms with Gasteiger partial charge in [0.1, 0.15) is 11.3 Å². The summed E-state index contributed by atoms with van der Waals surface area (Å²) in [4.78, 5) is 12.1. The van der Waals surface area contributed by atoms with Crippen LogP contribution in [0.3, 0.4) is 0 Å². The molecule has 0 radical (unpaired) electrons. The van der Waals surface area contributed by atoms with Crippen molar-refractivity contribution in [1.82, 2.24) is 5.32 Å². The fraction of sp³-hybridized carbons (Fsp3) is 0.667. The second kappa shape index (κ2) is 12.4. The third kappa shape index (κ3) is 8.33. The van der Waals surface area contributed by atoms with Crippen molar-refractivity contribution in [1.29, 1.82) is 5.26 Å². The van der Waals surface area contributed by atoms with E-state index in [1.54, 1.807) is 12.1 Å². The first kappa shape index (κ1) is 22.3. The zero-order valence-corrected chi connectivity index (χ0v) is 17.5. The molecule has 1 aliphatic rings. The lowest BCUT2D eigenvalue weighted by Crippen LogP contribution is -2.35. The summed E-state index contributed by atoms with van der Waals surface area (Å²) in [6.45, 7) is 2.98. The molecule has 0 spiro atoms. The number of nitrogens with zero attached hydrogens (tertiary/aromatic N) is 1. The van der Waals surface area contributed by atoms with Crippen LogP contribution in [0.4, 0.5) is 0 Å². The Bertz CT molecular complexity index is 614. The SMILES string of the molecule is CCCCCCCCCCCCCOc1ccc(C(=O)NC2(C#N)CC2)cc1. The van der Waals surface area contributed by atoms with E-state index in [9.17, 15) is 4.79 Å².